The van der Waals surface area contributed by atoms with Crippen molar-refractivity contribution in [3.05, 3.63) is 35.8 Å². The lowest BCUT2D eigenvalue weighted by molar-refractivity contribution is -0.114. The van der Waals surface area contributed by atoms with Gasteiger partial charge in [0.05, 0.1) is 13.2 Å². The third-order valence-electron chi connectivity index (χ3n) is 2.28. The van der Waals surface area contributed by atoms with Crippen molar-refractivity contribution in [2.24, 2.45) is 0 Å². The van der Waals surface area contributed by atoms with Crippen molar-refractivity contribution in [1.29, 1.82) is 0 Å². The molecule has 0 spiro atoms. The van der Waals surface area contributed by atoms with E-state index in [4.69, 9.17) is 4.74 Å². The average Bonchev–Trinajstić information content (AvgIpc) is 2.92. The van der Waals surface area contributed by atoms with Gasteiger partial charge in [-0.2, -0.15) is 0 Å². The fourth-order valence-corrected chi connectivity index (χ4v) is 2.00. The van der Waals surface area contributed by atoms with Gasteiger partial charge in [0.15, 0.2) is 5.13 Å². The molecule has 19 heavy (non-hydrogen) atoms. The fraction of sp³-hybridized carbons (Fsp3) is 0.231. The van der Waals surface area contributed by atoms with Crippen LogP contribution in [-0.4, -0.2) is 24.0 Å². The van der Waals surface area contributed by atoms with Gasteiger partial charge in [-0.15, -0.1) is 11.3 Å². The first kappa shape index (κ1) is 13.4. The van der Waals surface area contributed by atoms with Crippen LogP contribution < -0.4 is 15.4 Å². The highest BCUT2D eigenvalue weighted by Gasteiger charge is 2.03. The van der Waals surface area contributed by atoms with Crippen LogP contribution in [0.4, 0.5) is 10.8 Å². The van der Waals surface area contributed by atoms with E-state index >= 15 is 0 Å². The Morgan fingerprint density at radius 1 is 1.37 bits per heavy atom. The molecule has 1 aromatic carbocycles. The highest BCUT2D eigenvalue weighted by Crippen LogP contribution is 2.15. The Morgan fingerprint density at radius 2 is 2.16 bits per heavy atom. The third kappa shape index (κ3) is 4.26. The van der Waals surface area contributed by atoms with Gasteiger partial charge in [-0.25, -0.2) is 4.98 Å². The molecular weight excluding hydrogens is 262 g/mol. The Morgan fingerprint density at radius 3 is 2.79 bits per heavy atom. The molecule has 100 valence electrons. The van der Waals surface area contributed by atoms with Gasteiger partial charge in [-0.1, -0.05) is 0 Å². The predicted octanol–water partition coefficient (Wildman–Crippen LogP) is 2.59. The fourth-order valence-electron chi connectivity index (χ4n) is 1.47. The Bertz CT molecular complexity index is 511. The van der Waals surface area contributed by atoms with Gasteiger partial charge >= 0.3 is 0 Å². The minimum atomic E-state index is -0.112. The number of aromatic nitrogens is 1. The number of thiazole rings is 1. The molecule has 0 atom stereocenters. The maximum atomic E-state index is 11.7. The summed E-state index contributed by atoms with van der Waals surface area (Å²) in [7, 11) is 0. The second-order valence-electron chi connectivity index (χ2n) is 3.70. The van der Waals surface area contributed by atoms with Crippen molar-refractivity contribution in [3.8, 4) is 5.75 Å². The summed E-state index contributed by atoms with van der Waals surface area (Å²) in [6.45, 7) is 2.75. The smallest absolute Gasteiger partial charge is 0.243 e. The molecule has 0 saturated carbocycles. The molecule has 0 saturated heterocycles. The number of carbonyl (C=O) groups is 1. The van der Waals surface area contributed by atoms with E-state index in [0.717, 1.165) is 16.6 Å². The van der Waals surface area contributed by atoms with E-state index in [1.165, 1.54) is 11.3 Å². The molecule has 0 bridgehead atoms. The number of carbonyl (C=O) groups excluding carboxylic acids is 1. The summed E-state index contributed by atoms with van der Waals surface area (Å²) in [5.74, 6) is 0.681. The minimum Gasteiger partial charge on any atom is -0.494 e. The van der Waals surface area contributed by atoms with Gasteiger partial charge in [-0.3, -0.25) is 4.79 Å². The summed E-state index contributed by atoms with van der Waals surface area (Å²) in [6.07, 6.45) is 1.69. The number of amides is 1. The number of nitrogens with one attached hydrogen (secondary N) is 2. The Labute approximate surface area is 115 Å². The maximum absolute atomic E-state index is 11.7. The second-order valence-corrected chi connectivity index (χ2v) is 4.59. The first-order valence-corrected chi connectivity index (χ1v) is 6.82. The molecule has 0 aliphatic heterocycles. The molecule has 0 fully saturated rings. The van der Waals surface area contributed by atoms with E-state index in [0.29, 0.717) is 6.61 Å². The lowest BCUT2D eigenvalue weighted by Gasteiger charge is -2.07. The summed E-state index contributed by atoms with van der Waals surface area (Å²) in [5.41, 5.74) is 0.745. The van der Waals surface area contributed by atoms with Crippen LogP contribution in [0, 0.1) is 0 Å². The van der Waals surface area contributed by atoms with E-state index in [2.05, 4.69) is 15.6 Å². The molecule has 5 nitrogen and oxygen atoms in total. The largest absolute Gasteiger partial charge is 0.494 e. The number of benzene rings is 1. The lowest BCUT2D eigenvalue weighted by atomic mass is 10.3. The third-order valence-corrected chi connectivity index (χ3v) is 3.01. The maximum Gasteiger partial charge on any atom is 0.243 e. The van der Waals surface area contributed by atoms with E-state index in [1.807, 2.05) is 36.6 Å². The Hall–Kier alpha value is -2.08. The number of rotatable bonds is 6. The first-order chi connectivity index (χ1) is 9.28. The van der Waals surface area contributed by atoms with Gasteiger partial charge in [0, 0.05) is 17.3 Å². The van der Waals surface area contributed by atoms with Crippen LogP contribution in [0.25, 0.3) is 0 Å². The van der Waals surface area contributed by atoms with Gasteiger partial charge < -0.3 is 15.4 Å². The zero-order valence-electron chi connectivity index (χ0n) is 10.6. The van der Waals surface area contributed by atoms with Gasteiger partial charge in [0.25, 0.3) is 0 Å². The van der Waals surface area contributed by atoms with Crippen LogP contribution in [-0.2, 0) is 4.79 Å². The van der Waals surface area contributed by atoms with Gasteiger partial charge in [0.1, 0.15) is 5.75 Å². The summed E-state index contributed by atoms with van der Waals surface area (Å²) in [6, 6.07) is 7.28. The molecule has 0 aliphatic rings. The van der Waals surface area contributed by atoms with Crippen molar-refractivity contribution in [1.82, 2.24) is 4.98 Å². The predicted molar refractivity (Wildman–Crippen MR) is 76.8 cm³/mol. The van der Waals surface area contributed by atoms with Crippen molar-refractivity contribution >= 4 is 28.1 Å². The quantitative estimate of drug-likeness (QED) is 0.852. The summed E-state index contributed by atoms with van der Waals surface area (Å²) in [4.78, 5) is 15.7. The van der Waals surface area contributed by atoms with Crippen molar-refractivity contribution < 1.29 is 9.53 Å². The number of ether oxygens (including phenoxy) is 1. The number of hydrogen-bond acceptors (Lipinski definition) is 5. The molecular formula is C13H15N3O2S. The highest BCUT2D eigenvalue weighted by atomic mass is 32.1. The molecule has 1 amide bonds. The van der Waals surface area contributed by atoms with Crippen LogP contribution in [0.5, 0.6) is 5.75 Å². The van der Waals surface area contributed by atoms with Crippen LogP contribution in [0.2, 0.25) is 0 Å². The van der Waals surface area contributed by atoms with Gasteiger partial charge in [0.2, 0.25) is 5.91 Å². The molecule has 0 radical (unpaired) electrons. The molecule has 6 heteroatoms. The molecule has 1 aromatic heterocycles. The normalized spacial score (nSPS) is 9.95. The standard InChI is InChI=1S/C13H15N3O2S/c1-2-18-11-5-3-10(4-6-11)16-12(17)9-15-13-14-7-8-19-13/h3-8H,2,9H2,1H3,(H,14,15)(H,16,17). The van der Waals surface area contributed by atoms with Crippen LogP contribution in [0.1, 0.15) is 6.92 Å². The molecule has 0 unspecified atom stereocenters. The average molecular weight is 277 g/mol. The van der Waals surface area contributed by atoms with Gasteiger partial charge in [-0.05, 0) is 31.2 Å². The number of hydrogen-bond donors (Lipinski definition) is 2. The first-order valence-electron chi connectivity index (χ1n) is 5.94. The monoisotopic (exact) mass is 277 g/mol. The van der Waals surface area contributed by atoms with E-state index in [9.17, 15) is 4.79 Å². The van der Waals surface area contributed by atoms with E-state index in [-0.39, 0.29) is 12.5 Å². The van der Waals surface area contributed by atoms with Crippen LogP contribution in [0.15, 0.2) is 35.8 Å². The summed E-state index contributed by atoms with van der Waals surface area (Å²) in [5, 5.41) is 8.33. The van der Waals surface area contributed by atoms with E-state index in [1.54, 1.807) is 6.20 Å². The molecule has 2 N–H and O–H groups in total. The Balaban J connectivity index is 1.81. The molecule has 0 aliphatic carbocycles. The summed E-state index contributed by atoms with van der Waals surface area (Å²) >= 11 is 1.46. The molecule has 2 aromatic rings. The zero-order valence-corrected chi connectivity index (χ0v) is 11.4. The van der Waals surface area contributed by atoms with E-state index < -0.39 is 0 Å². The summed E-state index contributed by atoms with van der Waals surface area (Å²) < 4.78 is 5.33. The zero-order chi connectivity index (χ0) is 13.5. The topological polar surface area (TPSA) is 63.2 Å². The lowest BCUT2D eigenvalue weighted by Crippen LogP contribution is -2.21. The number of anilines is 2. The van der Waals surface area contributed by atoms with Crippen molar-refractivity contribution in [2.75, 3.05) is 23.8 Å². The van der Waals surface area contributed by atoms with Crippen LogP contribution >= 0.6 is 11.3 Å². The highest BCUT2D eigenvalue weighted by molar-refractivity contribution is 7.13. The Kier molecular flexibility index (Phi) is 4.74. The van der Waals surface area contributed by atoms with Crippen molar-refractivity contribution in [2.45, 2.75) is 6.92 Å². The van der Waals surface area contributed by atoms with Crippen LogP contribution in [0.3, 0.4) is 0 Å². The molecule has 2 rings (SSSR count). The SMILES string of the molecule is CCOc1ccc(NC(=O)CNc2nccs2)cc1. The number of nitrogens with zero attached hydrogens (tertiary/aromatic N) is 1. The van der Waals surface area contributed by atoms with Crippen molar-refractivity contribution in [3.63, 3.8) is 0 Å². The minimum absolute atomic E-state index is 0.112. The molecule has 1 heterocycles. The second kappa shape index (κ2) is 6.75.